The summed E-state index contributed by atoms with van der Waals surface area (Å²) in [4.78, 5) is 23.1. The lowest BCUT2D eigenvalue weighted by Gasteiger charge is -2.22. The molecule has 3 aromatic rings. The Kier molecular flexibility index (Phi) is 5.86. The molecule has 1 aromatic carbocycles. The van der Waals surface area contributed by atoms with Crippen LogP contribution in [0.15, 0.2) is 41.0 Å². The largest absolute Gasteiger partial charge is 0.311 e. The van der Waals surface area contributed by atoms with Crippen LogP contribution in [-0.2, 0) is 4.79 Å². The Hall–Kier alpha value is -2.43. The molecule has 26 heavy (non-hydrogen) atoms. The van der Waals surface area contributed by atoms with Crippen LogP contribution in [0.4, 0.5) is 5.69 Å². The normalized spacial score (nSPS) is 10.7. The Morgan fingerprint density at radius 2 is 2.12 bits per heavy atom. The van der Waals surface area contributed by atoms with Crippen molar-refractivity contribution in [2.75, 3.05) is 17.2 Å². The van der Waals surface area contributed by atoms with Gasteiger partial charge in [0.05, 0.1) is 28.5 Å². The quantitative estimate of drug-likeness (QED) is 0.468. The highest BCUT2D eigenvalue weighted by Gasteiger charge is 2.17. The highest BCUT2D eigenvalue weighted by Crippen LogP contribution is 2.29. The van der Waals surface area contributed by atoms with Crippen molar-refractivity contribution in [2.45, 2.75) is 25.3 Å². The van der Waals surface area contributed by atoms with Gasteiger partial charge >= 0.3 is 0 Å². The molecule has 0 spiro atoms. The van der Waals surface area contributed by atoms with Gasteiger partial charge in [-0.15, -0.1) is 11.3 Å². The molecule has 132 valence electrons. The molecule has 0 fully saturated rings. The summed E-state index contributed by atoms with van der Waals surface area (Å²) in [6, 6.07) is 10.0. The smallest absolute Gasteiger partial charge is 0.237 e. The average Bonchev–Trinajstić information content (AvgIpc) is 3.12. The minimum atomic E-state index is -0.0307. The first-order chi connectivity index (χ1) is 12.6. The molecule has 2 aromatic heterocycles. The average molecular weight is 383 g/mol. The van der Waals surface area contributed by atoms with E-state index >= 15 is 0 Å². The van der Waals surface area contributed by atoms with Gasteiger partial charge in [0.25, 0.3) is 0 Å². The van der Waals surface area contributed by atoms with Crippen LogP contribution in [0.1, 0.15) is 17.5 Å². The molecule has 5 nitrogen and oxygen atoms in total. The molecule has 7 heteroatoms. The third-order valence-corrected chi connectivity index (χ3v) is 6.11. The number of carbonyl (C=O) groups excluding carboxylic acids is 1. The maximum Gasteiger partial charge on any atom is 0.237 e. The molecule has 0 saturated heterocycles. The second-order valence-corrected chi connectivity index (χ2v) is 7.70. The Bertz CT molecular complexity index is 977. The predicted molar refractivity (Wildman–Crippen MR) is 107 cm³/mol. The SMILES string of the molecule is Cc1ccc(N(CCC#N)C(=O)CSc2ncnc3ccsc23)cc1C. The van der Waals surface area contributed by atoms with Crippen molar-refractivity contribution in [3.8, 4) is 6.07 Å². The maximum atomic E-state index is 12.8. The molecule has 0 aliphatic heterocycles. The summed E-state index contributed by atoms with van der Waals surface area (Å²) in [5.41, 5.74) is 4.03. The number of thioether (sulfide) groups is 1. The summed E-state index contributed by atoms with van der Waals surface area (Å²) < 4.78 is 1.00. The Morgan fingerprint density at radius 3 is 2.88 bits per heavy atom. The zero-order valence-corrected chi connectivity index (χ0v) is 16.2. The van der Waals surface area contributed by atoms with Crippen molar-refractivity contribution in [3.05, 3.63) is 47.1 Å². The van der Waals surface area contributed by atoms with Gasteiger partial charge in [-0.05, 0) is 48.6 Å². The summed E-state index contributed by atoms with van der Waals surface area (Å²) in [7, 11) is 0. The molecule has 0 saturated carbocycles. The number of hydrogen-bond acceptors (Lipinski definition) is 6. The van der Waals surface area contributed by atoms with Crippen LogP contribution in [-0.4, -0.2) is 28.2 Å². The van der Waals surface area contributed by atoms with Gasteiger partial charge in [-0.2, -0.15) is 5.26 Å². The third-order valence-electron chi connectivity index (χ3n) is 4.09. The van der Waals surface area contributed by atoms with Crippen molar-refractivity contribution >= 4 is 44.9 Å². The fourth-order valence-electron chi connectivity index (χ4n) is 2.53. The molecule has 0 bridgehead atoms. The molecule has 0 N–H and O–H groups in total. The van der Waals surface area contributed by atoms with E-state index < -0.39 is 0 Å². The number of nitrogens with zero attached hydrogens (tertiary/aromatic N) is 4. The van der Waals surface area contributed by atoms with E-state index in [2.05, 4.69) is 16.0 Å². The molecule has 1 amide bonds. The van der Waals surface area contributed by atoms with Crippen LogP contribution in [0, 0.1) is 25.2 Å². The summed E-state index contributed by atoms with van der Waals surface area (Å²) in [6.07, 6.45) is 1.82. The number of hydrogen-bond donors (Lipinski definition) is 0. The lowest BCUT2D eigenvalue weighted by atomic mass is 10.1. The fraction of sp³-hybridized carbons (Fsp3) is 0.263. The molecule has 0 aliphatic rings. The van der Waals surface area contributed by atoms with E-state index in [0.29, 0.717) is 13.0 Å². The Labute approximate surface area is 160 Å². The van der Waals surface area contributed by atoms with Crippen LogP contribution >= 0.6 is 23.1 Å². The molecular formula is C19H18N4OS2. The van der Waals surface area contributed by atoms with Gasteiger partial charge in [-0.1, -0.05) is 17.8 Å². The second-order valence-electron chi connectivity index (χ2n) is 5.82. The number of carbonyl (C=O) groups is 1. The summed E-state index contributed by atoms with van der Waals surface area (Å²) in [6.45, 7) is 4.45. The van der Waals surface area contributed by atoms with Crippen molar-refractivity contribution in [3.63, 3.8) is 0 Å². The van der Waals surface area contributed by atoms with E-state index in [1.165, 1.54) is 23.7 Å². The van der Waals surface area contributed by atoms with Gasteiger partial charge in [0.15, 0.2) is 0 Å². The first kappa shape index (κ1) is 18.4. The number of aryl methyl sites for hydroxylation is 2. The molecule has 0 atom stereocenters. The maximum absolute atomic E-state index is 12.8. The third kappa shape index (κ3) is 4.03. The van der Waals surface area contributed by atoms with E-state index in [9.17, 15) is 4.79 Å². The van der Waals surface area contributed by atoms with E-state index in [1.807, 2.05) is 43.5 Å². The number of rotatable bonds is 6. The van der Waals surface area contributed by atoms with Gasteiger partial charge in [0, 0.05) is 12.2 Å². The number of fused-ring (bicyclic) bond motifs is 1. The Morgan fingerprint density at radius 1 is 1.27 bits per heavy atom. The molecule has 0 radical (unpaired) electrons. The zero-order valence-electron chi connectivity index (χ0n) is 14.6. The number of benzene rings is 1. The van der Waals surface area contributed by atoms with Crippen LogP contribution in [0.3, 0.4) is 0 Å². The van der Waals surface area contributed by atoms with Crippen LogP contribution in [0.5, 0.6) is 0 Å². The lowest BCUT2D eigenvalue weighted by Crippen LogP contribution is -2.33. The monoisotopic (exact) mass is 382 g/mol. The Balaban J connectivity index is 1.78. The van der Waals surface area contributed by atoms with Crippen molar-refractivity contribution in [1.82, 2.24) is 9.97 Å². The molecule has 0 unspecified atom stereocenters. The molecule has 0 aliphatic carbocycles. The van der Waals surface area contributed by atoms with Gasteiger partial charge in [-0.25, -0.2) is 9.97 Å². The molecule has 2 heterocycles. The summed E-state index contributed by atoms with van der Waals surface area (Å²) in [5.74, 6) is 0.236. The van der Waals surface area contributed by atoms with Crippen molar-refractivity contribution in [2.24, 2.45) is 0 Å². The standard InChI is InChI=1S/C19H18N4OS2/c1-13-4-5-15(10-14(13)2)23(8-3-7-20)17(24)11-26-19-18-16(6-9-25-18)21-12-22-19/h4-6,9-10,12H,3,8,11H2,1-2H3. The van der Waals surface area contributed by atoms with E-state index in [-0.39, 0.29) is 11.7 Å². The zero-order chi connectivity index (χ0) is 18.5. The van der Waals surface area contributed by atoms with E-state index in [0.717, 1.165) is 26.5 Å². The highest BCUT2D eigenvalue weighted by molar-refractivity contribution is 8.00. The van der Waals surface area contributed by atoms with Gasteiger partial charge in [0.1, 0.15) is 11.4 Å². The van der Waals surface area contributed by atoms with Crippen molar-refractivity contribution < 1.29 is 4.79 Å². The number of thiophene rings is 1. The van der Waals surface area contributed by atoms with Crippen LogP contribution < -0.4 is 4.90 Å². The predicted octanol–water partition coefficient (Wildman–Crippen LogP) is 4.35. The lowest BCUT2D eigenvalue weighted by molar-refractivity contribution is -0.116. The second kappa shape index (κ2) is 8.30. The number of anilines is 1. The highest BCUT2D eigenvalue weighted by atomic mass is 32.2. The summed E-state index contributed by atoms with van der Waals surface area (Å²) in [5, 5.41) is 11.7. The van der Waals surface area contributed by atoms with Crippen molar-refractivity contribution in [1.29, 1.82) is 5.26 Å². The minimum absolute atomic E-state index is 0.0307. The number of nitriles is 1. The van der Waals surface area contributed by atoms with Gasteiger partial charge in [0.2, 0.25) is 5.91 Å². The number of aromatic nitrogens is 2. The first-order valence-corrected chi connectivity index (χ1v) is 10.0. The minimum Gasteiger partial charge on any atom is -0.311 e. The van der Waals surface area contributed by atoms with E-state index in [4.69, 9.17) is 5.26 Å². The topological polar surface area (TPSA) is 69.9 Å². The van der Waals surface area contributed by atoms with E-state index in [1.54, 1.807) is 16.2 Å². The fourth-order valence-corrected chi connectivity index (χ4v) is 4.35. The van der Waals surface area contributed by atoms with Gasteiger partial charge in [-0.3, -0.25) is 4.79 Å². The summed E-state index contributed by atoms with van der Waals surface area (Å²) >= 11 is 2.99. The van der Waals surface area contributed by atoms with Crippen LogP contribution in [0.25, 0.3) is 10.2 Å². The molecular weight excluding hydrogens is 364 g/mol. The van der Waals surface area contributed by atoms with Crippen LogP contribution in [0.2, 0.25) is 0 Å². The number of amides is 1. The van der Waals surface area contributed by atoms with Gasteiger partial charge < -0.3 is 4.90 Å². The molecule has 3 rings (SSSR count). The first-order valence-electron chi connectivity index (χ1n) is 8.15.